The highest BCUT2D eigenvalue weighted by Gasteiger charge is 2.27. The highest BCUT2D eigenvalue weighted by molar-refractivity contribution is 4.87. The van der Waals surface area contributed by atoms with Crippen molar-refractivity contribution in [1.82, 2.24) is 5.32 Å². The fraction of sp³-hybridized carbons (Fsp3) is 1.00. The van der Waals surface area contributed by atoms with Crippen LogP contribution < -0.4 is 5.32 Å². The molecule has 1 aliphatic rings. The van der Waals surface area contributed by atoms with Crippen molar-refractivity contribution in [3.05, 3.63) is 0 Å². The van der Waals surface area contributed by atoms with E-state index in [-0.39, 0.29) is 11.6 Å². The topological polar surface area (TPSA) is 32.3 Å². The zero-order chi connectivity index (χ0) is 9.90. The van der Waals surface area contributed by atoms with Crippen molar-refractivity contribution in [1.29, 1.82) is 0 Å². The van der Waals surface area contributed by atoms with Crippen LogP contribution in [0.25, 0.3) is 0 Å². The van der Waals surface area contributed by atoms with Gasteiger partial charge in [-0.15, -0.1) is 0 Å². The van der Waals surface area contributed by atoms with Crippen molar-refractivity contribution in [3.63, 3.8) is 0 Å². The Kier molecular flexibility index (Phi) is 3.74. The standard InChI is InChI=1S/C11H23NO/c1-4-11(2,3)12-9-7-5-6-8-10(9)13/h9-10,12-13H,4-8H2,1-3H3/t9-,10-/m1/s1. The van der Waals surface area contributed by atoms with Gasteiger partial charge in [0.05, 0.1) is 6.10 Å². The molecule has 0 heterocycles. The molecule has 0 amide bonds. The molecule has 0 unspecified atom stereocenters. The fourth-order valence-corrected chi connectivity index (χ4v) is 1.88. The van der Waals surface area contributed by atoms with E-state index in [1.165, 1.54) is 12.8 Å². The zero-order valence-electron chi connectivity index (χ0n) is 9.14. The maximum absolute atomic E-state index is 9.77. The lowest BCUT2D eigenvalue weighted by molar-refractivity contribution is 0.0752. The molecule has 0 aromatic rings. The Bertz CT molecular complexity index is 156. The van der Waals surface area contributed by atoms with Gasteiger partial charge >= 0.3 is 0 Å². The summed E-state index contributed by atoms with van der Waals surface area (Å²) in [6.45, 7) is 6.59. The van der Waals surface area contributed by atoms with Gasteiger partial charge in [-0.05, 0) is 33.1 Å². The molecule has 1 saturated carbocycles. The van der Waals surface area contributed by atoms with E-state index in [9.17, 15) is 5.11 Å². The molecule has 1 rings (SSSR count). The predicted octanol–water partition coefficient (Wildman–Crippen LogP) is 2.07. The van der Waals surface area contributed by atoms with Crippen LogP contribution in [0.1, 0.15) is 52.9 Å². The van der Waals surface area contributed by atoms with E-state index < -0.39 is 0 Å². The third-order valence-electron chi connectivity index (χ3n) is 3.19. The fourth-order valence-electron chi connectivity index (χ4n) is 1.88. The molecule has 0 radical (unpaired) electrons. The molecule has 2 heteroatoms. The lowest BCUT2D eigenvalue weighted by atomic mass is 9.89. The Balaban J connectivity index is 2.42. The summed E-state index contributed by atoms with van der Waals surface area (Å²) in [5, 5.41) is 13.3. The second kappa shape index (κ2) is 4.43. The molecule has 0 spiro atoms. The summed E-state index contributed by atoms with van der Waals surface area (Å²) < 4.78 is 0. The molecule has 0 aliphatic heterocycles. The first-order valence-electron chi connectivity index (χ1n) is 5.51. The Labute approximate surface area is 81.7 Å². The molecule has 2 atom stereocenters. The number of nitrogens with one attached hydrogen (secondary N) is 1. The van der Waals surface area contributed by atoms with Crippen molar-refractivity contribution in [2.75, 3.05) is 0 Å². The molecule has 13 heavy (non-hydrogen) atoms. The lowest BCUT2D eigenvalue weighted by Crippen LogP contribution is -2.51. The molecule has 2 N–H and O–H groups in total. The van der Waals surface area contributed by atoms with Gasteiger partial charge in [-0.2, -0.15) is 0 Å². The number of rotatable bonds is 3. The predicted molar refractivity (Wildman–Crippen MR) is 55.8 cm³/mol. The van der Waals surface area contributed by atoms with Gasteiger partial charge in [-0.1, -0.05) is 19.8 Å². The van der Waals surface area contributed by atoms with Gasteiger partial charge in [-0.25, -0.2) is 0 Å². The van der Waals surface area contributed by atoms with Gasteiger partial charge in [0.1, 0.15) is 0 Å². The van der Waals surface area contributed by atoms with E-state index in [1.807, 2.05) is 0 Å². The van der Waals surface area contributed by atoms with Crippen LogP contribution in [-0.4, -0.2) is 22.8 Å². The van der Waals surface area contributed by atoms with Crippen molar-refractivity contribution >= 4 is 0 Å². The SMILES string of the molecule is CCC(C)(C)N[C@@H]1CCCC[C@H]1O. The highest BCUT2D eigenvalue weighted by atomic mass is 16.3. The van der Waals surface area contributed by atoms with E-state index >= 15 is 0 Å². The normalized spacial score (nSPS) is 30.5. The first kappa shape index (κ1) is 11.0. The summed E-state index contributed by atoms with van der Waals surface area (Å²) in [4.78, 5) is 0. The van der Waals surface area contributed by atoms with Crippen LogP contribution in [-0.2, 0) is 0 Å². The van der Waals surface area contributed by atoms with E-state index in [2.05, 4.69) is 26.1 Å². The third-order valence-corrected chi connectivity index (χ3v) is 3.19. The second-order valence-corrected chi connectivity index (χ2v) is 4.84. The van der Waals surface area contributed by atoms with Crippen LogP contribution in [0, 0.1) is 0 Å². The largest absolute Gasteiger partial charge is 0.392 e. The van der Waals surface area contributed by atoms with Crippen LogP contribution in [0.3, 0.4) is 0 Å². The lowest BCUT2D eigenvalue weighted by Gasteiger charge is -2.36. The quantitative estimate of drug-likeness (QED) is 0.705. The molecule has 0 aromatic heterocycles. The summed E-state index contributed by atoms with van der Waals surface area (Å²) in [6, 6.07) is 0.323. The van der Waals surface area contributed by atoms with Crippen LogP contribution in [0.5, 0.6) is 0 Å². The van der Waals surface area contributed by atoms with Crippen LogP contribution in [0.2, 0.25) is 0 Å². The first-order chi connectivity index (χ1) is 6.05. The molecule has 1 fully saturated rings. The van der Waals surface area contributed by atoms with Crippen LogP contribution >= 0.6 is 0 Å². The molecular weight excluding hydrogens is 162 g/mol. The zero-order valence-corrected chi connectivity index (χ0v) is 9.14. The highest BCUT2D eigenvalue weighted by Crippen LogP contribution is 2.21. The van der Waals surface area contributed by atoms with Crippen molar-refractivity contribution in [2.24, 2.45) is 0 Å². The maximum atomic E-state index is 9.77. The van der Waals surface area contributed by atoms with E-state index in [1.54, 1.807) is 0 Å². The molecule has 0 aromatic carbocycles. The van der Waals surface area contributed by atoms with Gasteiger partial charge < -0.3 is 10.4 Å². The molecule has 0 bridgehead atoms. The summed E-state index contributed by atoms with van der Waals surface area (Å²) in [6.07, 6.45) is 5.53. The number of hydrogen-bond acceptors (Lipinski definition) is 2. The smallest absolute Gasteiger partial charge is 0.0693 e. The minimum atomic E-state index is -0.125. The minimum Gasteiger partial charge on any atom is -0.392 e. The summed E-state index contributed by atoms with van der Waals surface area (Å²) in [5.41, 5.74) is 0.170. The van der Waals surface area contributed by atoms with Gasteiger partial charge in [0.15, 0.2) is 0 Å². The molecule has 0 saturated heterocycles. The number of hydrogen-bond donors (Lipinski definition) is 2. The monoisotopic (exact) mass is 185 g/mol. The summed E-state index contributed by atoms with van der Waals surface area (Å²) in [5.74, 6) is 0. The van der Waals surface area contributed by atoms with Gasteiger partial charge in [0.2, 0.25) is 0 Å². The number of aliphatic hydroxyl groups is 1. The van der Waals surface area contributed by atoms with Gasteiger partial charge in [0.25, 0.3) is 0 Å². The van der Waals surface area contributed by atoms with Gasteiger partial charge in [-0.3, -0.25) is 0 Å². The van der Waals surface area contributed by atoms with Crippen molar-refractivity contribution in [2.45, 2.75) is 70.6 Å². The van der Waals surface area contributed by atoms with Crippen LogP contribution in [0.4, 0.5) is 0 Å². The maximum Gasteiger partial charge on any atom is 0.0693 e. The molecule has 1 aliphatic carbocycles. The Morgan fingerprint density at radius 1 is 1.31 bits per heavy atom. The second-order valence-electron chi connectivity index (χ2n) is 4.84. The average Bonchev–Trinajstić information content (AvgIpc) is 2.09. The Morgan fingerprint density at radius 3 is 2.46 bits per heavy atom. The number of aliphatic hydroxyl groups excluding tert-OH is 1. The first-order valence-corrected chi connectivity index (χ1v) is 5.51. The Morgan fingerprint density at radius 2 is 1.92 bits per heavy atom. The van der Waals surface area contributed by atoms with Gasteiger partial charge in [0, 0.05) is 11.6 Å². The molecule has 2 nitrogen and oxygen atoms in total. The molecular formula is C11H23NO. The Hall–Kier alpha value is -0.0800. The summed E-state index contributed by atoms with van der Waals surface area (Å²) >= 11 is 0. The third kappa shape index (κ3) is 3.28. The van der Waals surface area contributed by atoms with E-state index in [0.29, 0.717) is 6.04 Å². The van der Waals surface area contributed by atoms with Crippen LogP contribution in [0.15, 0.2) is 0 Å². The van der Waals surface area contributed by atoms with Crippen molar-refractivity contribution in [3.8, 4) is 0 Å². The molecule has 78 valence electrons. The minimum absolute atomic E-state index is 0.125. The van der Waals surface area contributed by atoms with E-state index in [4.69, 9.17) is 0 Å². The summed E-state index contributed by atoms with van der Waals surface area (Å²) in [7, 11) is 0. The van der Waals surface area contributed by atoms with E-state index in [0.717, 1.165) is 19.3 Å². The van der Waals surface area contributed by atoms with Crippen molar-refractivity contribution < 1.29 is 5.11 Å². The average molecular weight is 185 g/mol.